The van der Waals surface area contributed by atoms with E-state index >= 15 is 0 Å². The Morgan fingerprint density at radius 3 is 2.32 bits per heavy atom. The van der Waals surface area contributed by atoms with E-state index in [0.29, 0.717) is 0 Å². The number of carbonyl (C=O) groups is 1. The molecule has 0 aromatic carbocycles. The topological polar surface area (TPSA) is 137 Å². The Bertz CT molecular complexity index is 329. The van der Waals surface area contributed by atoms with E-state index in [0.717, 1.165) is 0 Å². The number of rotatable bonds is 5. The minimum absolute atomic E-state index is 0.00371. The van der Waals surface area contributed by atoms with E-state index in [4.69, 9.17) is 19.7 Å². The van der Waals surface area contributed by atoms with Gasteiger partial charge in [0.05, 0.1) is 6.61 Å². The average Bonchev–Trinajstić information content (AvgIpc) is 2.39. The van der Waals surface area contributed by atoms with Crippen LogP contribution in [0.1, 0.15) is 6.42 Å². The highest BCUT2D eigenvalue weighted by molar-refractivity contribution is 5.87. The van der Waals surface area contributed by atoms with Gasteiger partial charge in [-0.25, -0.2) is 4.79 Å². The number of aliphatic hydroxyl groups excluding tert-OH is 5. The van der Waals surface area contributed by atoms with Gasteiger partial charge in [0.25, 0.3) is 0 Å². The Hall–Kier alpha value is -1.03. The van der Waals surface area contributed by atoms with Crippen molar-refractivity contribution in [2.75, 3.05) is 13.2 Å². The van der Waals surface area contributed by atoms with Crippen LogP contribution < -0.4 is 0 Å². The van der Waals surface area contributed by atoms with Gasteiger partial charge in [0.2, 0.25) is 6.29 Å². The second-order valence-electron chi connectivity index (χ2n) is 4.18. The van der Waals surface area contributed by atoms with Gasteiger partial charge in [-0.1, -0.05) is 6.58 Å². The molecule has 1 rings (SSSR count). The lowest BCUT2D eigenvalue weighted by Crippen LogP contribution is -2.59. The van der Waals surface area contributed by atoms with Crippen molar-refractivity contribution in [3.63, 3.8) is 0 Å². The monoisotopic (exact) mass is 278 g/mol. The fraction of sp³-hybridized carbons (Fsp3) is 0.727. The molecule has 1 fully saturated rings. The molecule has 5 N–H and O–H groups in total. The smallest absolute Gasteiger partial charge is 0.335 e. The predicted molar refractivity (Wildman–Crippen MR) is 60.7 cm³/mol. The van der Waals surface area contributed by atoms with Gasteiger partial charge in [-0.05, 0) is 0 Å². The van der Waals surface area contributed by atoms with Crippen molar-refractivity contribution in [3.8, 4) is 0 Å². The van der Waals surface area contributed by atoms with Crippen LogP contribution in [0, 0.1) is 0 Å². The van der Waals surface area contributed by atoms with E-state index in [-0.39, 0.29) is 18.6 Å². The molecule has 1 heterocycles. The largest absolute Gasteiger partial charge is 0.429 e. The number of hydrogen-bond acceptors (Lipinski definition) is 8. The van der Waals surface area contributed by atoms with Crippen molar-refractivity contribution in [2.45, 2.75) is 37.1 Å². The van der Waals surface area contributed by atoms with Crippen LogP contribution in [-0.4, -0.2) is 75.4 Å². The molecule has 0 spiro atoms. The normalized spacial score (nSPS) is 34.9. The van der Waals surface area contributed by atoms with E-state index in [9.17, 15) is 20.1 Å². The summed E-state index contributed by atoms with van der Waals surface area (Å²) in [7, 11) is 0. The average molecular weight is 278 g/mol. The SMILES string of the molecule is C=C(CCO)C(=O)OC1OC(CO)C(O)C(O)C1O. The third-order valence-electron chi connectivity index (χ3n) is 2.77. The first kappa shape index (κ1) is 16.0. The fourth-order valence-corrected chi connectivity index (χ4v) is 1.59. The molecule has 19 heavy (non-hydrogen) atoms. The quantitative estimate of drug-likeness (QED) is 0.270. The molecule has 0 aromatic rings. The third kappa shape index (κ3) is 3.72. The Kier molecular flexibility index (Phi) is 5.85. The van der Waals surface area contributed by atoms with E-state index in [2.05, 4.69) is 6.58 Å². The van der Waals surface area contributed by atoms with Crippen LogP contribution in [0.5, 0.6) is 0 Å². The lowest BCUT2D eigenvalue weighted by atomic mass is 9.99. The molecule has 0 aliphatic carbocycles. The van der Waals surface area contributed by atoms with Crippen molar-refractivity contribution < 1.29 is 39.8 Å². The molecule has 0 aromatic heterocycles. The van der Waals surface area contributed by atoms with Gasteiger partial charge in [-0.3, -0.25) is 0 Å². The number of aliphatic hydroxyl groups is 5. The van der Waals surface area contributed by atoms with Gasteiger partial charge in [0.15, 0.2) is 0 Å². The Morgan fingerprint density at radius 1 is 1.16 bits per heavy atom. The number of ether oxygens (including phenoxy) is 2. The van der Waals surface area contributed by atoms with Crippen LogP contribution in [0.15, 0.2) is 12.2 Å². The zero-order chi connectivity index (χ0) is 14.6. The van der Waals surface area contributed by atoms with Gasteiger partial charge in [0.1, 0.15) is 24.4 Å². The van der Waals surface area contributed by atoms with Crippen molar-refractivity contribution in [3.05, 3.63) is 12.2 Å². The summed E-state index contributed by atoms with van der Waals surface area (Å²) in [5, 5.41) is 46.2. The molecule has 1 saturated heterocycles. The molecule has 0 saturated carbocycles. The fourth-order valence-electron chi connectivity index (χ4n) is 1.59. The van der Waals surface area contributed by atoms with Crippen LogP contribution in [0.4, 0.5) is 0 Å². The van der Waals surface area contributed by atoms with E-state index < -0.39 is 43.3 Å². The minimum Gasteiger partial charge on any atom is -0.429 e. The number of carbonyl (C=O) groups excluding carboxylic acids is 1. The van der Waals surface area contributed by atoms with E-state index in [1.807, 2.05) is 0 Å². The molecule has 1 aliphatic rings. The molecule has 5 atom stereocenters. The molecule has 1 aliphatic heterocycles. The van der Waals surface area contributed by atoms with E-state index in [1.54, 1.807) is 0 Å². The van der Waals surface area contributed by atoms with Crippen LogP contribution in [0.25, 0.3) is 0 Å². The highest BCUT2D eigenvalue weighted by atomic mass is 16.7. The molecule has 0 amide bonds. The van der Waals surface area contributed by atoms with Crippen LogP contribution >= 0.6 is 0 Å². The Morgan fingerprint density at radius 2 is 1.79 bits per heavy atom. The van der Waals surface area contributed by atoms with Crippen LogP contribution in [0.2, 0.25) is 0 Å². The second-order valence-corrected chi connectivity index (χ2v) is 4.18. The molecular weight excluding hydrogens is 260 g/mol. The summed E-state index contributed by atoms with van der Waals surface area (Å²) in [6.45, 7) is 2.47. The van der Waals surface area contributed by atoms with Crippen molar-refractivity contribution >= 4 is 5.97 Å². The lowest BCUT2D eigenvalue weighted by molar-refractivity contribution is -0.291. The molecular formula is C11H18O8. The summed E-state index contributed by atoms with van der Waals surface area (Å²) < 4.78 is 9.74. The Balaban J connectivity index is 2.66. The van der Waals surface area contributed by atoms with Crippen LogP contribution in [0.3, 0.4) is 0 Å². The minimum atomic E-state index is -1.65. The highest BCUT2D eigenvalue weighted by Crippen LogP contribution is 2.22. The predicted octanol–water partition coefficient (Wildman–Crippen LogP) is -2.73. The maximum absolute atomic E-state index is 11.5. The molecule has 8 heteroatoms. The molecule has 5 unspecified atom stereocenters. The molecule has 110 valence electrons. The molecule has 0 radical (unpaired) electrons. The lowest BCUT2D eigenvalue weighted by Gasteiger charge is -2.39. The number of esters is 1. The van der Waals surface area contributed by atoms with Crippen molar-refractivity contribution in [1.29, 1.82) is 0 Å². The summed E-state index contributed by atoms with van der Waals surface area (Å²) in [5.41, 5.74) is -0.0283. The van der Waals surface area contributed by atoms with Gasteiger partial charge >= 0.3 is 5.97 Å². The van der Waals surface area contributed by atoms with Gasteiger partial charge < -0.3 is 35.0 Å². The number of hydrogen-bond donors (Lipinski definition) is 5. The van der Waals surface area contributed by atoms with Gasteiger partial charge in [0, 0.05) is 18.6 Å². The van der Waals surface area contributed by atoms with Crippen molar-refractivity contribution in [1.82, 2.24) is 0 Å². The third-order valence-corrected chi connectivity index (χ3v) is 2.77. The van der Waals surface area contributed by atoms with Gasteiger partial charge in [-0.2, -0.15) is 0 Å². The summed E-state index contributed by atoms with van der Waals surface area (Å²) in [6, 6.07) is 0. The van der Waals surface area contributed by atoms with E-state index in [1.165, 1.54) is 0 Å². The maximum Gasteiger partial charge on any atom is 0.335 e. The molecule has 0 bridgehead atoms. The first-order valence-corrected chi connectivity index (χ1v) is 5.72. The first-order chi connectivity index (χ1) is 8.92. The second kappa shape index (κ2) is 6.94. The zero-order valence-corrected chi connectivity index (χ0v) is 10.2. The first-order valence-electron chi connectivity index (χ1n) is 5.72. The summed E-state index contributed by atoms with van der Waals surface area (Å²) in [5.74, 6) is -0.904. The molecule has 8 nitrogen and oxygen atoms in total. The standard InChI is InChI=1S/C11H18O8/c1-5(2-3-12)10(17)19-11-9(16)8(15)7(14)6(4-13)18-11/h6-9,11-16H,1-4H2. The Labute approximate surface area is 109 Å². The highest BCUT2D eigenvalue weighted by Gasteiger charge is 2.45. The van der Waals surface area contributed by atoms with Crippen LogP contribution in [-0.2, 0) is 14.3 Å². The van der Waals surface area contributed by atoms with Crippen molar-refractivity contribution in [2.24, 2.45) is 0 Å². The summed E-state index contributed by atoms with van der Waals surface area (Å²) in [4.78, 5) is 11.5. The zero-order valence-electron chi connectivity index (χ0n) is 10.2. The maximum atomic E-state index is 11.5. The summed E-state index contributed by atoms with van der Waals surface area (Å²) >= 11 is 0. The van der Waals surface area contributed by atoms with Gasteiger partial charge in [-0.15, -0.1) is 0 Å². The summed E-state index contributed by atoms with van der Waals surface area (Å²) in [6.07, 6.45) is -7.47.